The second-order valence-corrected chi connectivity index (χ2v) is 10.3. The Kier molecular flexibility index (Phi) is 9.27. The molecule has 15 heteroatoms. The molecule has 0 spiro atoms. The average Bonchev–Trinajstić information content (AvgIpc) is 2.96. The van der Waals surface area contributed by atoms with Gasteiger partial charge < -0.3 is 10.1 Å². The van der Waals surface area contributed by atoms with Crippen LogP contribution in [-0.2, 0) is 29.7 Å². The van der Waals surface area contributed by atoms with Crippen LogP contribution in [0.4, 0.5) is 55.8 Å². The van der Waals surface area contributed by atoms with Gasteiger partial charge in [0, 0.05) is 24.2 Å². The van der Waals surface area contributed by atoms with Crippen LogP contribution in [0.1, 0.15) is 71.7 Å². The van der Waals surface area contributed by atoms with Crippen molar-refractivity contribution in [3.05, 3.63) is 87.6 Å². The first-order chi connectivity index (χ1) is 21.0. The highest BCUT2D eigenvalue weighted by molar-refractivity contribution is 5.90. The lowest BCUT2D eigenvalue weighted by molar-refractivity contribution is -0.143. The summed E-state index contributed by atoms with van der Waals surface area (Å²) in [5, 5.41) is 12.4. The summed E-state index contributed by atoms with van der Waals surface area (Å²) < 4.78 is 127. The fourth-order valence-corrected chi connectivity index (χ4v) is 5.20. The van der Waals surface area contributed by atoms with Crippen molar-refractivity contribution in [2.24, 2.45) is 0 Å². The third-order valence-electron chi connectivity index (χ3n) is 7.25. The van der Waals surface area contributed by atoms with Gasteiger partial charge in [-0.25, -0.2) is 9.78 Å². The van der Waals surface area contributed by atoms with E-state index in [0.717, 1.165) is 24.4 Å². The molecule has 2 heterocycles. The lowest BCUT2D eigenvalue weighted by Gasteiger charge is -2.40. The van der Waals surface area contributed by atoms with E-state index in [4.69, 9.17) is 4.74 Å². The second kappa shape index (κ2) is 12.5. The molecule has 0 saturated carbocycles. The lowest BCUT2D eigenvalue weighted by Crippen LogP contribution is -2.46. The van der Waals surface area contributed by atoms with Gasteiger partial charge in [0.05, 0.1) is 40.6 Å². The van der Waals surface area contributed by atoms with Crippen LogP contribution in [-0.4, -0.2) is 23.7 Å². The number of ether oxygens (including phenoxy) is 1. The van der Waals surface area contributed by atoms with Crippen molar-refractivity contribution < 1.29 is 49.0 Å². The molecule has 3 aromatic rings. The molecule has 0 radical (unpaired) electrons. The highest BCUT2D eigenvalue weighted by atomic mass is 19.4. The maximum atomic E-state index is 13.7. The number of fused-ring (bicyclic) bond motifs is 1. The number of carbonyl (C=O) groups is 1. The van der Waals surface area contributed by atoms with Crippen LogP contribution in [0.25, 0.3) is 0 Å². The summed E-state index contributed by atoms with van der Waals surface area (Å²) in [6, 6.07) is 5.43. The molecule has 1 aliphatic heterocycles. The zero-order valence-electron chi connectivity index (χ0n) is 23.7. The fraction of sp³-hybridized carbons (Fsp3) is 0.367. The molecule has 1 amide bonds. The zero-order chi connectivity index (χ0) is 33.3. The smallest absolute Gasteiger partial charge is 0.416 e. The summed E-state index contributed by atoms with van der Waals surface area (Å²) in [6.45, 7) is 3.33. The number of nitriles is 1. The molecule has 240 valence electrons. The summed E-state index contributed by atoms with van der Waals surface area (Å²) in [6.07, 6.45) is -14.7. The molecule has 1 N–H and O–H groups in total. The molecule has 0 fully saturated rings. The Bertz CT molecular complexity index is 1580. The van der Waals surface area contributed by atoms with Gasteiger partial charge in [0.1, 0.15) is 11.9 Å². The van der Waals surface area contributed by atoms with Gasteiger partial charge in [-0.3, -0.25) is 4.90 Å². The summed E-state index contributed by atoms with van der Waals surface area (Å²) in [4.78, 5) is 18.3. The SMILES string of the molecule is CCOC(=O)N1c2ccc(C(F)(F)F)cc2[C@@H](Nc2ncc(C#N)cc2Cc2cc(C(F)(F)F)cc(C(F)(F)F)c2)C[C@H]1CC. The number of amides is 1. The minimum Gasteiger partial charge on any atom is -0.449 e. The average molecular weight is 645 g/mol. The zero-order valence-corrected chi connectivity index (χ0v) is 23.7. The maximum absolute atomic E-state index is 13.7. The molecule has 45 heavy (non-hydrogen) atoms. The Hall–Kier alpha value is -4.48. The van der Waals surface area contributed by atoms with Crippen LogP contribution < -0.4 is 10.2 Å². The van der Waals surface area contributed by atoms with Crippen molar-refractivity contribution in [3.8, 4) is 6.07 Å². The van der Waals surface area contributed by atoms with E-state index in [1.807, 2.05) is 6.07 Å². The monoisotopic (exact) mass is 644 g/mol. The number of rotatable bonds is 6. The quantitative estimate of drug-likeness (QED) is 0.271. The fourth-order valence-electron chi connectivity index (χ4n) is 5.20. The normalized spacial score (nSPS) is 17.0. The van der Waals surface area contributed by atoms with Gasteiger partial charge in [-0.05, 0) is 73.4 Å². The number of carbonyl (C=O) groups excluding carboxylic acids is 1. The number of pyridine rings is 1. The van der Waals surface area contributed by atoms with E-state index < -0.39 is 59.8 Å². The predicted octanol–water partition coefficient (Wildman–Crippen LogP) is 8.90. The molecular weight excluding hydrogens is 619 g/mol. The van der Waals surface area contributed by atoms with E-state index in [1.165, 1.54) is 11.0 Å². The highest BCUT2D eigenvalue weighted by Crippen LogP contribution is 2.44. The summed E-state index contributed by atoms with van der Waals surface area (Å²) in [7, 11) is 0. The van der Waals surface area contributed by atoms with Crippen molar-refractivity contribution >= 4 is 17.6 Å². The summed E-state index contributed by atoms with van der Waals surface area (Å²) in [5.41, 5.74) is -4.33. The Morgan fingerprint density at radius 3 is 2.11 bits per heavy atom. The van der Waals surface area contributed by atoms with E-state index in [-0.39, 0.29) is 52.9 Å². The summed E-state index contributed by atoms with van der Waals surface area (Å²) in [5.74, 6) is -0.0761. The van der Waals surface area contributed by atoms with Gasteiger partial charge in [0.25, 0.3) is 0 Å². The Balaban J connectivity index is 1.82. The van der Waals surface area contributed by atoms with E-state index in [9.17, 15) is 49.6 Å². The highest BCUT2D eigenvalue weighted by Gasteiger charge is 2.40. The number of halogens is 9. The molecule has 4 rings (SSSR count). The van der Waals surface area contributed by atoms with Gasteiger partial charge in [0.2, 0.25) is 0 Å². The van der Waals surface area contributed by atoms with Crippen LogP contribution in [0.15, 0.2) is 48.7 Å². The van der Waals surface area contributed by atoms with Crippen molar-refractivity contribution in [1.29, 1.82) is 5.26 Å². The summed E-state index contributed by atoms with van der Waals surface area (Å²) >= 11 is 0. The number of anilines is 2. The topological polar surface area (TPSA) is 78.2 Å². The molecule has 0 bridgehead atoms. The Morgan fingerprint density at radius 2 is 1.58 bits per heavy atom. The Labute approximate surface area is 251 Å². The molecule has 0 saturated heterocycles. The number of nitrogens with one attached hydrogen (secondary N) is 1. The second-order valence-electron chi connectivity index (χ2n) is 10.3. The van der Waals surface area contributed by atoms with E-state index in [1.54, 1.807) is 13.8 Å². The number of alkyl halides is 9. The number of benzene rings is 2. The van der Waals surface area contributed by atoms with Crippen molar-refractivity contribution in [3.63, 3.8) is 0 Å². The van der Waals surface area contributed by atoms with Crippen molar-refractivity contribution in [2.75, 3.05) is 16.8 Å². The maximum Gasteiger partial charge on any atom is 0.416 e. The minimum absolute atomic E-state index is 0.00747. The van der Waals surface area contributed by atoms with Crippen LogP contribution in [0.2, 0.25) is 0 Å². The molecule has 2 aromatic carbocycles. The van der Waals surface area contributed by atoms with E-state index in [0.29, 0.717) is 18.6 Å². The van der Waals surface area contributed by atoms with Gasteiger partial charge in [-0.15, -0.1) is 0 Å². The number of hydrogen-bond donors (Lipinski definition) is 1. The van der Waals surface area contributed by atoms with Gasteiger partial charge >= 0.3 is 24.6 Å². The van der Waals surface area contributed by atoms with Gasteiger partial charge in [0.15, 0.2) is 0 Å². The molecular formula is C30H25F9N4O2. The molecule has 2 atom stereocenters. The predicted molar refractivity (Wildman–Crippen MR) is 144 cm³/mol. The first-order valence-electron chi connectivity index (χ1n) is 13.6. The Morgan fingerprint density at radius 1 is 0.956 bits per heavy atom. The van der Waals surface area contributed by atoms with Crippen LogP contribution >= 0.6 is 0 Å². The standard InChI is InChI=1S/C30H25F9N4O2/c1-3-22-13-24(23-12-19(28(31,32)33)5-6-25(23)43(22)27(44)45-4-2)42-26-18(8-17(14-40)15-41-26)7-16-9-20(29(34,35)36)11-21(10-16)30(37,38)39/h5-6,8-12,15,22,24H,3-4,7,13H2,1-2H3,(H,41,42)/t22-,24+/m1/s1. The van der Waals surface area contributed by atoms with Gasteiger partial charge in [-0.1, -0.05) is 6.92 Å². The first kappa shape index (κ1) is 33.4. The number of nitrogens with zero attached hydrogens (tertiary/aromatic N) is 3. The number of aromatic nitrogens is 1. The van der Waals surface area contributed by atoms with Crippen LogP contribution in [0.5, 0.6) is 0 Å². The van der Waals surface area contributed by atoms with Crippen LogP contribution in [0.3, 0.4) is 0 Å². The minimum atomic E-state index is -5.09. The van der Waals surface area contributed by atoms with E-state index in [2.05, 4.69) is 10.3 Å². The first-order valence-corrected chi connectivity index (χ1v) is 13.6. The molecule has 0 aliphatic carbocycles. The lowest BCUT2D eigenvalue weighted by atomic mass is 9.88. The third-order valence-corrected chi connectivity index (χ3v) is 7.25. The van der Waals surface area contributed by atoms with Gasteiger partial charge in [-0.2, -0.15) is 44.8 Å². The van der Waals surface area contributed by atoms with Crippen molar-refractivity contribution in [2.45, 2.75) is 63.7 Å². The van der Waals surface area contributed by atoms with E-state index >= 15 is 0 Å². The largest absolute Gasteiger partial charge is 0.449 e. The van der Waals surface area contributed by atoms with Crippen LogP contribution in [0, 0.1) is 11.3 Å². The molecule has 1 aromatic heterocycles. The molecule has 6 nitrogen and oxygen atoms in total. The third kappa shape index (κ3) is 7.43. The molecule has 1 aliphatic rings. The van der Waals surface area contributed by atoms with Crippen molar-refractivity contribution in [1.82, 2.24) is 4.98 Å². The molecule has 0 unspecified atom stereocenters. The number of hydrogen-bond acceptors (Lipinski definition) is 5.